The lowest BCUT2D eigenvalue weighted by Crippen LogP contribution is -2.47. The van der Waals surface area contributed by atoms with Gasteiger partial charge in [0.15, 0.2) is 5.84 Å². The third-order valence-corrected chi connectivity index (χ3v) is 6.39. The molecule has 1 fully saturated rings. The monoisotopic (exact) mass is 530 g/mol. The molecule has 1 unspecified atom stereocenters. The molecule has 0 aliphatic carbocycles. The molecule has 0 amide bonds. The molecule has 0 bridgehead atoms. The summed E-state index contributed by atoms with van der Waals surface area (Å²) in [5.41, 5.74) is 1.50. The van der Waals surface area contributed by atoms with Crippen LogP contribution in [0.15, 0.2) is 34.3 Å². The molecule has 4 nitrogen and oxygen atoms in total. The number of likely N-dealkylation sites (tertiary alicyclic amines) is 1. The Morgan fingerprint density at radius 1 is 0.967 bits per heavy atom. The maximum atomic E-state index is 6.06. The smallest absolute Gasteiger partial charge is 0.249 e. The molecule has 0 N–H and O–H groups in total. The summed E-state index contributed by atoms with van der Waals surface area (Å²) in [5, 5.41) is 0. The predicted octanol–water partition coefficient (Wildman–Crippen LogP) is 6.74. The molecule has 166 valence electrons. The molecule has 1 atom stereocenters. The number of rotatable bonds is 4. The van der Waals surface area contributed by atoms with Gasteiger partial charge < -0.3 is 9.80 Å². The highest BCUT2D eigenvalue weighted by molar-refractivity contribution is 6.76. The van der Waals surface area contributed by atoms with Gasteiger partial charge in [0.25, 0.3) is 0 Å². The first-order valence-electron chi connectivity index (χ1n) is 9.81. The Morgan fingerprint density at radius 3 is 2.07 bits per heavy atom. The van der Waals surface area contributed by atoms with E-state index in [4.69, 9.17) is 69.6 Å². The SMILES string of the molecule is CC(C)CN1CCC(N2C=NC(C(Cl)(Cl)Cl)=NC2c2ccc(C(Cl)(Cl)Cl)cc2)CC1. The number of halogens is 6. The second kappa shape index (κ2) is 9.91. The fourth-order valence-electron chi connectivity index (χ4n) is 3.85. The summed E-state index contributed by atoms with van der Waals surface area (Å²) in [5.74, 6) is 0.815. The topological polar surface area (TPSA) is 31.2 Å². The first-order valence-corrected chi connectivity index (χ1v) is 12.1. The molecule has 1 saturated heterocycles. The number of piperidine rings is 1. The summed E-state index contributed by atoms with van der Waals surface area (Å²) < 4.78 is -3.18. The van der Waals surface area contributed by atoms with Crippen molar-refractivity contribution in [2.75, 3.05) is 19.6 Å². The predicted molar refractivity (Wildman–Crippen MR) is 131 cm³/mol. The molecule has 0 aromatic heterocycles. The number of hydrogen-bond acceptors (Lipinski definition) is 4. The first kappa shape index (κ1) is 24.7. The molecule has 1 aromatic rings. The van der Waals surface area contributed by atoms with Gasteiger partial charge in [-0.15, -0.1) is 0 Å². The van der Waals surface area contributed by atoms with E-state index < -0.39 is 7.59 Å². The van der Waals surface area contributed by atoms with Gasteiger partial charge in [-0.1, -0.05) is 108 Å². The standard InChI is InChI=1S/C20H24Cl6N4/c1-13(2)11-29-9-7-16(8-10-29)30-12-27-18(20(24,25)26)28-17(30)14-3-5-15(6-4-14)19(21,22)23/h3-6,12-13,16-17H,7-11H2,1-2H3. The van der Waals surface area contributed by atoms with E-state index in [1.54, 1.807) is 18.5 Å². The van der Waals surface area contributed by atoms with E-state index in [0.29, 0.717) is 11.5 Å². The van der Waals surface area contributed by atoms with Crippen molar-refractivity contribution < 1.29 is 0 Å². The minimum absolute atomic E-state index is 0.163. The van der Waals surface area contributed by atoms with E-state index in [1.165, 1.54) is 0 Å². The molecular formula is C20H24Cl6N4. The van der Waals surface area contributed by atoms with E-state index in [1.807, 2.05) is 12.1 Å². The van der Waals surface area contributed by atoms with Crippen molar-refractivity contribution in [3.8, 4) is 0 Å². The van der Waals surface area contributed by atoms with E-state index >= 15 is 0 Å². The molecule has 2 heterocycles. The molecular weight excluding hydrogens is 509 g/mol. The highest BCUT2D eigenvalue weighted by Gasteiger charge is 2.36. The molecule has 2 aliphatic rings. The second-order valence-electron chi connectivity index (χ2n) is 8.06. The fraction of sp³-hybridized carbons (Fsp3) is 0.600. The molecule has 0 radical (unpaired) electrons. The van der Waals surface area contributed by atoms with Gasteiger partial charge in [0.1, 0.15) is 6.17 Å². The van der Waals surface area contributed by atoms with Crippen molar-refractivity contribution in [2.24, 2.45) is 15.9 Å². The highest BCUT2D eigenvalue weighted by Crippen LogP contribution is 2.40. The summed E-state index contributed by atoms with van der Waals surface area (Å²) in [6.07, 6.45) is 3.42. The van der Waals surface area contributed by atoms with Gasteiger partial charge in [0.2, 0.25) is 7.59 Å². The number of hydrogen-bond donors (Lipinski definition) is 0. The van der Waals surface area contributed by atoms with Gasteiger partial charge in [-0.25, -0.2) is 9.98 Å². The molecule has 30 heavy (non-hydrogen) atoms. The second-order valence-corrected chi connectivity index (χ2v) is 12.6. The number of amidine groups is 1. The largest absolute Gasteiger partial charge is 0.334 e. The van der Waals surface area contributed by atoms with E-state index in [0.717, 1.165) is 38.0 Å². The molecule has 0 saturated carbocycles. The zero-order chi connectivity index (χ0) is 22.1. The maximum Gasteiger partial charge on any atom is 0.249 e. The molecule has 0 spiro atoms. The van der Waals surface area contributed by atoms with E-state index in [2.05, 4.69) is 33.6 Å². The van der Waals surface area contributed by atoms with Crippen LogP contribution < -0.4 is 0 Å². The Labute approximate surface area is 208 Å². The van der Waals surface area contributed by atoms with Crippen molar-refractivity contribution >= 4 is 81.8 Å². The summed E-state index contributed by atoms with van der Waals surface area (Å²) in [6.45, 7) is 7.67. The Balaban J connectivity index is 1.84. The van der Waals surface area contributed by atoms with Gasteiger partial charge in [-0.05, 0) is 24.3 Å². The normalized spacial score (nSPS) is 22.0. The van der Waals surface area contributed by atoms with Crippen molar-refractivity contribution in [3.63, 3.8) is 0 Å². The molecule has 2 aliphatic heterocycles. The average Bonchev–Trinajstić information content (AvgIpc) is 2.66. The molecule has 1 aromatic carbocycles. The summed E-state index contributed by atoms with van der Waals surface area (Å²) >= 11 is 36.2. The number of alkyl halides is 6. The summed E-state index contributed by atoms with van der Waals surface area (Å²) in [7, 11) is 0. The maximum absolute atomic E-state index is 6.06. The van der Waals surface area contributed by atoms with Crippen molar-refractivity contribution in [1.82, 2.24) is 9.80 Å². The highest BCUT2D eigenvalue weighted by atomic mass is 35.6. The third kappa shape index (κ3) is 6.31. The van der Waals surface area contributed by atoms with Crippen LogP contribution in [0.1, 0.15) is 44.0 Å². The Kier molecular flexibility index (Phi) is 8.16. The summed E-state index contributed by atoms with van der Waals surface area (Å²) in [6, 6.07) is 7.63. The van der Waals surface area contributed by atoms with Gasteiger partial charge in [-0.3, -0.25) is 0 Å². The zero-order valence-electron chi connectivity index (χ0n) is 16.7. The Morgan fingerprint density at radius 2 is 1.57 bits per heavy atom. The Bertz CT molecular complexity index is 774. The lowest BCUT2D eigenvalue weighted by molar-refractivity contribution is 0.124. The molecule has 3 rings (SSSR count). The number of aliphatic imine (C=N–C) groups is 2. The van der Waals surface area contributed by atoms with Crippen LogP contribution in [0.4, 0.5) is 0 Å². The number of nitrogens with zero attached hydrogens (tertiary/aromatic N) is 4. The minimum Gasteiger partial charge on any atom is -0.334 e. The van der Waals surface area contributed by atoms with Crippen LogP contribution in [0.2, 0.25) is 0 Å². The van der Waals surface area contributed by atoms with Crippen molar-refractivity contribution in [1.29, 1.82) is 0 Å². The van der Waals surface area contributed by atoms with Crippen LogP contribution in [-0.4, -0.2) is 51.4 Å². The zero-order valence-corrected chi connectivity index (χ0v) is 21.2. The lowest BCUT2D eigenvalue weighted by Gasteiger charge is -2.42. The van der Waals surface area contributed by atoms with E-state index in [-0.39, 0.29) is 18.0 Å². The average molecular weight is 533 g/mol. The van der Waals surface area contributed by atoms with Crippen LogP contribution in [0.25, 0.3) is 0 Å². The first-order chi connectivity index (χ1) is 13.9. The van der Waals surface area contributed by atoms with Crippen LogP contribution in [0.5, 0.6) is 0 Å². The van der Waals surface area contributed by atoms with Gasteiger partial charge in [0, 0.05) is 31.2 Å². The van der Waals surface area contributed by atoms with Gasteiger partial charge in [-0.2, -0.15) is 0 Å². The van der Waals surface area contributed by atoms with Crippen molar-refractivity contribution in [2.45, 2.75) is 46.5 Å². The number of benzene rings is 1. The van der Waals surface area contributed by atoms with Crippen LogP contribution >= 0.6 is 69.6 Å². The van der Waals surface area contributed by atoms with Crippen LogP contribution in [0, 0.1) is 5.92 Å². The minimum atomic E-state index is -1.70. The van der Waals surface area contributed by atoms with Gasteiger partial charge in [0.05, 0.1) is 6.34 Å². The van der Waals surface area contributed by atoms with Gasteiger partial charge >= 0.3 is 0 Å². The lowest BCUT2D eigenvalue weighted by atomic mass is 10.00. The van der Waals surface area contributed by atoms with Crippen LogP contribution in [-0.2, 0) is 3.79 Å². The quantitative estimate of drug-likeness (QED) is 0.402. The molecule has 10 heteroatoms. The summed E-state index contributed by atoms with van der Waals surface area (Å²) in [4.78, 5) is 13.7. The van der Waals surface area contributed by atoms with E-state index in [9.17, 15) is 0 Å². The third-order valence-electron chi connectivity index (χ3n) is 5.23. The van der Waals surface area contributed by atoms with Crippen LogP contribution in [0.3, 0.4) is 0 Å². The van der Waals surface area contributed by atoms with Crippen molar-refractivity contribution in [3.05, 3.63) is 35.4 Å². The fourth-order valence-corrected chi connectivity index (χ4v) is 4.52. The Hall–Kier alpha value is 0.0600.